The van der Waals surface area contributed by atoms with Gasteiger partial charge in [0, 0.05) is 48.7 Å². The third-order valence-electron chi connectivity index (χ3n) is 5.42. The lowest BCUT2D eigenvalue weighted by atomic mass is 10.1. The molecule has 146 valence electrons. The number of aryl methyl sites for hydroxylation is 2. The standard InChI is InChI=1S/C21H25N5O2/c1-12-17(19(12)18-7-5-6-8-22-18)11-28-21-15(9-23-14(3)24-21)16-10-26(4)25-20(16)13(2)27/h5-10,12-13,17,19,27H,11H2,1-4H3. The fraction of sp³-hybridized carbons (Fsp3) is 0.429. The largest absolute Gasteiger partial charge is 0.477 e. The Hall–Kier alpha value is -2.80. The average molecular weight is 379 g/mol. The first-order valence-corrected chi connectivity index (χ1v) is 9.55. The smallest absolute Gasteiger partial charge is 0.224 e. The van der Waals surface area contributed by atoms with E-state index in [0.29, 0.717) is 41.8 Å². The molecule has 4 atom stereocenters. The van der Waals surface area contributed by atoms with E-state index in [-0.39, 0.29) is 0 Å². The maximum absolute atomic E-state index is 10.1. The number of nitrogens with zero attached hydrogens (tertiary/aromatic N) is 5. The minimum absolute atomic E-state index is 0.406. The second kappa shape index (κ2) is 7.31. The highest BCUT2D eigenvalue weighted by molar-refractivity contribution is 5.69. The fourth-order valence-corrected chi connectivity index (χ4v) is 3.80. The number of aliphatic hydroxyl groups excluding tert-OH is 1. The minimum atomic E-state index is -0.692. The van der Waals surface area contributed by atoms with Crippen LogP contribution in [-0.4, -0.2) is 36.4 Å². The van der Waals surface area contributed by atoms with Crippen LogP contribution in [0.2, 0.25) is 0 Å². The summed E-state index contributed by atoms with van der Waals surface area (Å²) < 4.78 is 7.85. The fourth-order valence-electron chi connectivity index (χ4n) is 3.80. The summed E-state index contributed by atoms with van der Waals surface area (Å²) in [4.78, 5) is 13.3. The molecular weight excluding hydrogens is 354 g/mol. The van der Waals surface area contributed by atoms with Crippen molar-refractivity contribution in [3.63, 3.8) is 0 Å². The first kappa shape index (κ1) is 18.6. The maximum atomic E-state index is 10.1. The number of hydrogen-bond donors (Lipinski definition) is 1. The van der Waals surface area contributed by atoms with Crippen molar-refractivity contribution in [3.8, 4) is 17.0 Å². The molecule has 28 heavy (non-hydrogen) atoms. The topological polar surface area (TPSA) is 86.0 Å². The number of rotatable bonds is 6. The Balaban J connectivity index is 1.57. The zero-order valence-electron chi connectivity index (χ0n) is 16.6. The molecule has 1 aliphatic carbocycles. The summed E-state index contributed by atoms with van der Waals surface area (Å²) >= 11 is 0. The Labute approximate surface area is 164 Å². The average Bonchev–Trinajstić information content (AvgIpc) is 3.14. The van der Waals surface area contributed by atoms with Crippen LogP contribution in [0.15, 0.2) is 36.8 Å². The van der Waals surface area contributed by atoms with Crippen LogP contribution < -0.4 is 4.74 Å². The first-order chi connectivity index (χ1) is 13.5. The molecule has 1 N–H and O–H groups in total. The lowest BCUT2D eigenvalue weighted by molar-refractivity contribution is 0.194. The van der Waals surface area contributed by atoms with Crippen molar-refractivity contribution in [2.24, 2.45) is 18.9 Å². The highest BCUT2D eigenvalue weighted by Crippen LogP contribution is 2.53. The Morgan fingerprint density at radius 3 is 2.79 bits per heavy atom. The van der Waals surface area contributed by atoms with Gasteiger partial charge in [0.1, 0.15) is 5.82 Å². The molecule has 4 rings (SSSR count). The van der Waals surface area contributed by atoms with Crippen molar-refractivity contribution in [1.82, 2.24) is 24.7 Å². The van der Waals surface area contributed by atoms with E-state index in [4.69, 9.17) is 4.74 Å². The molecule has 0 saturated heterocycles. The van der Waals surface area contributed by atoms with Gasteiger partial charge < -0.3 is 9.84 Å². The molecule has 7 nitrogen and oxygen atoms in total. The second-order valence-electron chi connectivity index (χ2n) is 7.53. The monoisotopic (exact) mass is 379 g/mol. The molecule has 0 amide bonds. The van der Waals surface area contributed by atoms with Gasteiger partial charge in [0.05, 0.1) is 24.0 Å². The number of aliphatic hydroxyl groups is 1. The van der Waals surface area contributed by atoms with Gasteiger partial charge in [-0.3, -0.25) is 9.67 Å². The molecule has 1 fully saturated rings. The van der Waals surface area contributed by atoms with Gasteiger partial charge >= 0.3 is 0 Å². The van der Waals surface area contributed by atoms with Crippen LogP contribution in [0.3, 0.4) is 0 Å². The zero-order chi connectivity index (χ0) is 19.8. The number of hydrogen-bond acceptors (Lipinski definition) is 6. The molecule has 7 heteroatoms. The number of ether oxygens (including phenoxy) is 1. The van der Waals surface area contributed by atoms with Gasteiger partial charge in [0.25, 0.3) is 0 Å². The predicted octanol–water partition coefficient (Wildman–Crippen LogP) is 3.06. The summed E-state index contributed by atoms with van der Waals surface area (Å²) in [5, 5.41) is 14.5. The molecule has 3 aromatic rings. The van der Waals surface area contributed by atoms with Crippen LogP contribution >= 0.6 is 0 Å². The van der Waals surface area contributed by atoms with Gasteiger partial charge in [-0.25, -0.2) is 4.98 Å². The van der Waals surface area contributed by atoms with E-state index in [1.54, 1.807) is 17.8 Å². The zero-order valence-corrected chi connectivity index (χ0v) is 16.6. The van der Waals surface area contributed by atoms with Crippen molar-refractivity contribution in [3.05, 3.63) is 54.0 Å². The van der Waals surface area contributed by atoms with Crippen molar-refractivity contribution in [2.45, 2.75) is 32.8 Å². The van der Waals surface area contributed by atoms with E-state index >= 15 is 0 Å². The quantitative estimate of drug-likeness (QED) is 0.708. The van der Waals surface area contributed by atoms with Crippen LogP contribution in [0.25, 0.3) is 11.1 Å². The molecule has 4 unspecified atom stereocenters. The van der Waals surface area contributed by atoms with E-state index < -0.39 is 6.10 Å². The highest BCUT2D eigenvalue weighted by Gasteiger charge is 2.49. The van der Waals surface area contributed by atoms with Crippen molar-refractivity contribution in [2.75, 3.05) is 6.61 Å². The second-order valence-corrected chi connectivity index (χ2v) is 7.53. The van der Waals surface area contributed by atoms with Crippen LogP contribution in [-0.2, 0) is 7.05 Å². The molecule has 3 aromatic heterocycles. The summed E-state index contributed by atoms with van der Waals surface area (Å²) in [6.45, 7) is 6.33. The van der Waals surface area contributed by atoms with Gasteiger partial charge in [0.2, 0.25) is 5.88 Å². The molecule has 0 radical (unpaired) electrons. The molecule has 0 aliphatic heterocycles. The summed E-state index contributed by atoms with van der Waals surface area (Å²) in [5.74, 6) is 2.52. The van der Waals surface area contributed by atoms with Crippen molar-refractivity contribution < 1.29 is 9.84 Å². The predicted molar refractivity (Wildman–Crippen MR) is 105 cm³/mol. The molecule has 0 aromatic carbocycles. The normalized spacial score (nSPS) is 22.1. The van der Waals surface area contributed by atoms with Crippen molar-refractivity contribution >= 4 is 0 Å². The molecule has 1 saturated carbocycles. The lowest BCUT2D eigenvalue weighted by Crippen LogP contribution is -2.06. The van der Waals surface area contributed by atoms with Crippen LogP contribution in [0.4, 0.5) is 0 Å². The van der Waals surface area contributed by atoms with Crippen LogP contribution in [0, 0.1) is 18.8 Å². The van der Waals surface area contributed by atoms with Crippen LogP contribution in [0.5, 0.6) is 5.88 Å². The Morgan fingerprint density at radius 2 is 2.07 bits per heavy atom. The van der Waals surface area contributed by atoms with E-state index in [0.717, 1.165) is 16.8 Å². The lowest BCUT2D eigenvalue weighted by Gasteiger charge is -2.11. The van der Waals surface area contributed by atoms with Gasteiger partial charge in [-0.15, -0.1) is 0 Å². The molecule has 1 aliphatic rings. The molecule has 0 spiro atoms. The molecule has 3 heterocycles. The van der Waals surface area contributed by atoms with Gasteiger partial charge in [0.15, 0.2) is 0 Å². The summed E-state index contributed by atoms with van der Waals surface area (Å²) in [6.07, 6.45) is 4.75. The summed E-state index contributed by atoms with van der Waals surface area (Å²) in [5.41, 5.74) is 3.24. The Kier molecular flexibility index (Phi) is 4.85. The van der Waals surface area contributed by atoms with Gasteiger partial charge in [-0.2, -0.15) is 10.1 Å². The molecule has 0 bridgehead atoms. The minimum Gasteiger partial charge on any atom is -0.477 e. The maximum Gasteiger partial charge on any atom is 0.224 e. The number of aromatic nitrogens is 5. The number of pyridine rings is 1. The Morgan fingerprint density at radius 1 is 1.25 bits per heavy atom. The third kappa shape index (κ3) is 3.49. The van der Waals surface area contributed by atoms with Crippen LogP contribution in [0.1, 0.15) is 43.1 Å². The van der Waals surface area contributed by atoms with E-state index in [1.807, 2.05) is 38.5 Å². The highest BCUT2D eigenvalue weighted by atomic mass is 16.5. The third-order valence-corrected chi connectivity index (χ3v) is 5.42. The summed E-state index contributed by atoms with van der Waals surface area (Å²) in [6, 6.07) is 6.04. The van der Waals surface area contributed by atoms with E-state index in [1.165, 1.54) is 0 Å². The first-order valence-electron chi connectivity index (χ1n) is 9.55. The van der Waals surface area contributed by atoms with E-state index in [2.05, 4.69) is 33.0 Å². The van der Waals surface area contributed by atoms with Gasteiger partial charge in [-0.05, 0) is 31.9 Å². The molecular formula is C21H25N5O2. The summed E-state index contributed by atoms with van der Waals surface area (Å²) in [7, 11) is 1.83. The van der Waals surface area contributed by atoms with E-state index in [9.17, 15) is 5.11 Å². The Bertz CT molecular complexity index is 970. The van der Waals surface area contributed by atoms with Crippen molar-refractivity contribution in [1.29, 1.82) is 0 Å². The van der Waals surface area contributed by atoms with Gasteiger partial charge in [-0.1, -0.05) is 13.0 Å². The SMILES string of the molecule is Cc1ncc(-c2cn(C)nc2C(C)O)c(OCC2C(C)C2c2ccccn2)n1.